The largest absolute Gasteiger partial charge is 0.452 e. The number of carbonyl (C=O) groups excluding carboxylic acids is 1. The number of aliphatic hydroxyl groups is 1. The normalized spacial score (nSPS) is 16.7. The van der Waals surface area contributed by atoms with E-state index in [-0.39, 0.29) is 18.4 Å². The van der Waals surface area contributed by atoms with E-state index in [0.717, 1.165) is 10.6 Å². The van der Waals surface area contributed by atoms with Crippen LogP contribution in [0.15, 0.2) is 41.5 Å². The number of anilines is 1. The van der Waals surface area contributed by atoms with Crippen LogP contribution in [0.3, 0.4) is 0 Å². The standard InChI is InChI=1S/C16H15NO3S/c1-10(9-18)17-11-4-5-13-14(7-11)20-15(16(13)19)8-12-3-2-6-21-12/h2-8,10,17-18H,9H2,1H3/b15-8-. The zero-order valence-electron chi connectivity index (χ0n) is 11.5. The van der Waals surface area contributed by atoms with Gasteiger partial charge in [-0.15, -0.1) is 11.3 Å². The van der Waals surface area contributed by atoms with Crippen molar-refractivity contribution in [3.63, 3.8) is 0 Å². The first-order valence-electron chi connectivity index (χ1n) is 6.66. The van der Waals surface area contributed by atoms with Crippen molar-refractivity contribution in [3.05, 3.63) is 51.9 Å². The van der Waals surface area contributed by atoms with Gasteiger partial charge in [0, 0.05) is 28.7 Å². The third-order valence-electron chi connectivity index (χ3n) is 3.17. The van der Waals surface area contributed by atoms with Gasteiger partial charge in [-0.3, -0.25) is 4.79 Å². The number of ether oxygens (including phenoxy) is 1. The van der Waals surface area contributed by atoms with E-state index in [4.69, 9.17) is 9.84 Å². The zero-order chi connectivity index (χ0) is 14.8. The van der Waals surface area contributed by atoms with Gasteiger partial charge in [0.2, 0.25) is 5.78 Å². The van der Waals surface area contributed by atoms with Crippen LogP contribution in [0.5, 0.6) is 5.75 Å². The Balaban J connectivity index is 1.86. The summed E-state index contributed by atoms with van der Waals surface area (Å²) in [7, 11) is 0. The van der Waals surface area contributed by atoms with Gasteiger partial charge in [0.1, 0.15) is 5.75 Å². The molecule has 0 aliphatic carbocycles. The maximum Gasteiger partial charge on any atom is 0.231 e. The van der Waals surface area contributed by atoms with Crippen molar-refractivity contribution >= 4 is 28.9 Å². The van der Waals surface area contributed by atoms with Crippen LogP contribution in [0.2, 0.25) is 0 Å². The third-order valence-corrected chi connectivity index (χ3v) is 3.99. The van der Waals surface area contributed by atoms with E-state index >= 15 is 0 Å². The first kappa shape index (κ1) is 13.9. The van der Waals surface area contributed by atoms with Crippen molar-refractivity contribution in [3.8, 4) is 5.75 Å². The molecule has 0 saturated heterocycles. The van der Waals surface area contributed by atoms with Gasteiger partial charge in [0.05, 0.1) is 12.2 Å². The lowest BCUT2D eigenvalue weighted by molar-refractivity contribution is 0.101. The Labute approximate surface area is 126 Å². The Bertz CT molecular complexity index is 692. The van der Waals surface area contributed by atoms with Crippen LogP contribution in [0, 0.1) is 0 Å². The van der Waals surface area contributed by atoms with Crippen LogP contribution >= 0.6 is 11.3 Å². The van der Waals surface area contributed by atoms with Gasteiger partial charge in [-0.05, 0) is 30.5 Å². The topological polar surface area (TPSA) is 58.6 Å². The third kappa shape index (κ3) is 2.84. The molecule has 1 aliphatic heterocycles. The number of nitrogens with one attached hydrogen (secondary N) is 1. The van der Waals surface area contributed by atoms with Gasteiger partial charge in [-0.25, -0.2) is 0 Å². The lowest BCUT2D eigenvalue weighted by Crippen LogP contribution is -2.19. The number of Topliss-reactive ketones (excluding diaryl/α,β-unsaturated/α-hetero) is 1. The molecule has 2 aromatic rings. The second-order valence-electron chi connectivity index (χ2n) is 4.89. The van der Waals surface area contributed by atoms with Gasteiger partial charge in [0.15, 0.2) is 5.76 Å². The van der Waals surface area contributed by atoms with Gasteiger partial charge >= 0.3 is 0 Å². The summed E-state index contributed by atoms with van der Waals surface area (Å²) in [6, 6.07) is 9.17. The summed E-state index contributed by atoms with van der Waals surface area (Å²) in [5.74, 6) is 0.804. The number of hydrogen-bond donors (Lipinski definition) is 2. The molecular weight excluding hydrogens is 286 g/mol. The molecule has 1 unspecified atom stereocenters. The molecule has 0 amide bonds. The van der Waals surface area contributed by atoms with Gasteiger partial charge in [0.25, 0.3) is 0 Å². The van der Waals surface area contributed by atoms with Crippen molar-refractivity contribution in [2.75, 3.05) is 11.9 Å². The predicted octanol–water partition coefficient (Wildman–Crippen LogP) is 3.16. The summed E-state index contributed by atoms with van der Waals surface area (Å²) in [6.07, 6.45) is 1.76. The SMILES string of the molecule is CC(CO)Nc1ccc2c(c1)O/C(=C\c1cccs1)C2=O. The Morgan fingerprint density at radius 2 is 2.29 bits per heavy atom. The molecule has 0 spiro atoms. The second kappa shape index (κ2) is 5.71. The number of aliphatic hydroxyl groups excluding tert-OH is 1. The first-order valence-corrected chi connectivity index (χ1v) is 7.54. The van der Waals surface area contributed by atoms with Gasteiger partial charge in [-0.1, -0.05) is 6.07 Å². The average Bonchev–Trinajstić information content (AvgIpc) is 3.08. The Kier molecular flexibility index (Phi) is 3.77. The number of hydrogen-bond acceptors (Lipinski definition) is 5. The molecule has 3 rings (SSSR count). The fourth-order valence-corrected chi connectivity index (χ4v) is 2.76. The highest BCUT2D eigenvalue weighted by Gasteiger charge is 2.27. The molecule has 0 fully saturated rings. The fourth-order valence-electron chi connectivity index (χ4n) is 2.11. The minimum Gasteiger partial charge on any atom is -0.452 e. The first-order chi connectivity index (χ1) is 10.2. The smallest absolute Gasteiger partial charge is 0.231 e. The Morgan fingerprint density at radius 1 is 1.43 bits per heavy atom. The summed E-state index contributed by atoms with van der Waals surface area (Å²) in [5.41, 5.74) is 1.39. The molecule has 4 nitrogen and oxygen atoms in total. The van der Waals surface area contributed by atoms with Crippen molar-refractivity contribution in [1.29, 1.82) is 0 Å². The van der Waals surface area contributed by atoms with Crippen LogP contribution in [-0.4, -0.2) is 23.5 Å². The maximum absolute atomic E-state index is 12.3. The van der Waals surface area contributed by atoms with E-state index in [9.17, 15) is 4.79 Å². The van der Waals surface area contributed by atoms with Crippen LogP contribution in [0.1, 0.15) is 22.2 Å². The number of carbonyl (C=O) groups is 1. The van der Waals surface area contributed by atoms with Crippen LogP contribution in [0.25, 0.3) is 6.08 Å². The molecule has 2 N–H and O–H groups in total. The summed E-state index contributed by atoms with van der Waals surface area (Å²) in [6.45, 7) is 1.92. The molecule has 2 heterocycles. The number of ketones is 1. The fraction of sp³-hybridized carbons (Fsp3) is 0.188. The minimum absolute atomic E-state index is 0.0421. The summed E-state index contributed by atoms with van der Waals surface area (Å²) in [4.78, 5) is 13.2. The molecule has 108 valence electrons. The molecular formula is C16H15NO3S. The van der Waals surface area contributed by atoms with Crippen molar-refractivity contribution in [2.24, 2.45) is 0 Å². The molecule has 1 aromatic carbocycles. The van der Waals surface area contributed by atoms with Crippen molar-refractivity contribution < 1.29 is 14.6 Å². The summed E-state index contributed by atoms with van der Waals surface area (Å²) < 4.78 is 5.66. The molecule has 21 heavy (non-hydrogen) atoms. The monoisotopic (exact) mass is 301 g/mol. The Hall–Kier alpha value is -2.11. The van der Waals surface area contributed by atoms with E-state index in [1.54, 1.807) is 29.5 Å². The van der Waals surface area contributed by atoms with Crippen LogP contribution < -0.4 is 10.1 Å². The van der Waals surface area contributed by atoms with E-state index in [0.29, 0.717) is 17.1 Å². The Morgan fingerprint density at radius 3 is 3.00 bits per heavy atom. The lowest BCUT2D eigenvalue weighted by atomic mass is 10.1. The van der Waals surface area contributed by atoms with Gasteiger partial charge in [-0.2, -0.15) is 0 Å². The minimum atomic E-state index is -0.0971. The summed E-state index contributed by atoms with van der Waals surface area (Å²) >= 11 is 1.56. The van der Waals surface area contributed by atoms with Crippen molar-refractivity contribution in [2.45, 2.75) is 13.0 Å². The predicted molar refractivity (Wildman–Crippen MR) is 83.9 cm³/mol. The summed E-state index contributed by atoms with van der Waals surface area (Å²) in [5, 5.41) is 14.2. The average molecular weight is 301 g/mol. The lowest BCUT2D eigenvalue weighted by Gasteiger charge is -2.12. The van der Waals surface area contributed by atoms with Crippen molar-refractivity contribution in [1.82, 2.24) is 0 Å². The molecule has 5 heteroatoms. The number of thiophene rings is 1. The molecule has 0 bridgehead atoms. The highest BCUT2D eigenvalue weighted by atomic mass is 32.1. The highest BCUT2D eigenvalue weighted by Crippen LogP contribution is 2.34. The molecule has 0 saturated carbocycles. The molecule has 1 atom stereocenters. The maximum atomic E-state index is 12.3. The van der Waals surface area contributed by atoms with E-state index in [2.05, 4.69) is 5.32 Å². The second-order valence-corrected chi connectivity index (χ2v) is 5.87. The molecule has 0 radical (unpaired) electrons. The van der Waals surface area contributed by atoms with E-state index < -0.39 is 0 Å². The van der Waals surface area contributed by atoms with Gasteiger partial charge < -0.3 is 15.2 Å². The van der Waals surface area contributed by atoms with E-state index in [1.807, 2.05) is 30.5 Å². The number of fused-ring (bicyclic) bond motifs is 1. The molecule has 1 aliphatic rings. The zero-order valence-corrected chi connectivity index (χ0v) is 12.3. The van der Waals surface area contributed by atoms with E-state index in [1.165, 1.54) is 0 Å². The van der Waals surface area contributed by atoms with Crippen LogP contribution in [0.4, 0.5) is 5.69 Å². The number of rotatable bonds is 4. The number of allylic oxidation sites excluding steroid dienone is 1. The number of benzene rings is 1. The molecule has 1 aromatic heterocycles. The quantitative estimate of drug-likeness (QED) is 0.852. The van der Waals surface area contributed by atoms with Crippen LogP contribution in [-0.2, 0) is 0 Å². The highest BCUT2D eigenvalue weighted by molar-refractivity contribution is 7.10.